The zero-order valence-corrected chi connectivity index (χ0v) is 13.2. The average molecular weight is 304 g/mol. The predicted octanol–water partition coefficient (Wildman–Crippen LogP) is 2.97. The van der Waals surface area contributed by atoms with Gasteiger partial charge in [-0.25, -0.2) is 4.98 Å². The highest BCUT2D eigenvalue weighted by Gasteiger charge is 2.32. The fourth-order valence-corrected chi connectivity index (χ4v) is 3.88. The Hall–Kier alpha value is -1.69. The Bertz CT molecular complexity index is 633. The summed E-state index contributed by atoms with van der Waals surface area (Å²) >= 11 is 1.79. The van der Waals surface area contributed by atoms with Crippen LogP contribution in [0.5, 0.6) is 0 Å². The summed E-state index contributed by atoms with van der Waals surface area (Å²) in [5, 5.41) is 9.08. The fraction of sp³-hybridized carbons (Fsp3) is 0.533. The number of amides is 1. The highest BCUT2D eigenvalue weighted by atomic mass is 32.1. The van der Waals surface area contributed by atoms with Crippen molar-refractivity contribution in [3.05, 3.63) is 33.5 Å². The third kappa shape index (κ3) is 2.60. The summed E-state index contributed by atoms with van der Waals surface area (Å²) in [6.45, 7) is 4.96. The topological polar surface area (TPSA) is 61.9 Å². The lowest BCUT2D eigenvalue weighted by atomic mass is 9.97. The quantitative estimate of drug-likeness (QED) is 0.944. The van der Waals surface area contributed by atoms with Gasteiger partial charge in [0.15, 0.2) is 0 Å². The maximum absolute atomic E-state index is 12.7. The van der Waals surface area contributed by atoms with E-state index in [1.165, 1.54) is 10.4 Å². The van der Waals surface area contributed by atoms with E-state index in [-0.39, 0.29) is 11.9 Å². The molecule has 2 aromatic rings. The van der Waals surface area contributed by atoms with Gasteiger partial charge in [-0.2, -0.15) is 0 Å². The van der Waals surface area contributed by atoms with E-state index in [1.54, 1.807) is 11.3 Å². The van der Waals surface area contributed by atoms with Gasteiger partial charge in [0.05, 0.1) is 6.04 Å². The van der Waals surface area contributed by atoms with Gasteiger partial charge in [0.1, 0.15) is 5.82 Å². The lowest BCUT2D eigenvalue weighted by molar-refractivity contribution is 0.0645. The van der Waals surface area contributed by atoms with E-state index in [9.17, 15) is 4.79 Å². The van der Waals surface area contributed by atoms with Crippen molar-refractivity contribution in [1.82, 2.24) is 20.1 Å². The third-order valence-corrected chi connectivity index (χ3v) is 4.95. The zero-order chi connectivity index (χ0) is 14.8. The number of hydrogen-bond acceptors (Lipinski definition) is 4. The van der Waals surface area contributed by atoms with Crippen molar-refractivity contribution in [2.75, 3.05) is 6.54 Å². The number of H-pyrrole nitrogens is 1. The maximum atomic E-state index is 12.7. The standard InChI is InChI=1S/C15H20N4OS/c1-3-5-13-16-14(18-17-13)15(20)19-8-6-12-10(7-9-21-12)11(19)4-2/h7,9,11H,3-6,8H2,1-2H3,(H,16,17,18). The molecule has 6 heteroatoms. The molecular formula is C15H20N4OS. The van der Waals surface area contributed by atoms with Gasteiger partial charge in [-0.1, -0.05) is 13.8 Å². The van der Waals surface area contributed by atoms with Crippen molar-refractivity contribution in [3.63, 3.8) is 0 Å². The highest BCUT2D eigenvalue weighted by molar-refractivity contribution is 7.10. The molecular weight excluding hydrogens is 284 g/mol. The monoisotopic (exact) mass is 304 g/mol. The van der Waals surface area contributed by atoms with Crippen LogP contribution in [0.3, 0.4) is 0 Å². The SMILES string of the molecule is CCCc1nc(C(=O)N2CCc3sccc3C2CC)n[nH]1. The van der Waals surface area contributed by atoms with Crippen LogP contribution in [0.2, 0.25) is 0 Å². The number of hydrogen-bond donors (Lipinski definition) is 1. The molecule has 0 aliphatic carbocycles. The Morgan fingerprint density at radius 1 is 1.52 bits per heavy atom. The van der Waals surface area contributed by atoms with Crippen LogP contribution >= 0.6 is 11.3 Å². The zero-order valence-electron chi connectivity index (χ0n) is 12.4. The summed E-state index contributed by atoms with van der Waals surface area (Å²) in [7, 11) is 0. The second-order valence-electron chi connectivity index (χ2n) is 5.33. The first-order valence-electron chi connectivity index (χ1n) is 7.53. The van der Waals surface area contributed by atoms with E-state index >= 15 is 0 Å². The molecule has 0 saturated carbocycles. The van der Waals surface area contributed by atoms with E-state index in [0.29, 0.717) is 5.82 Å². The van der Waals surface area contributed by atoms with E-state index in [0.717, 1.165) is 38.1 Å². The molecule has 0 bridgehead atoms. The fourth-order valence-electron chi connectivity index (χ4n) is 2.95. The van der Waals surface area contributed by atoms with Crippen LogP contribution in [0.1, 0.15) is 59.6 Å². The van der Waals surface area contributed by atoms with Crippen molar-refractivity contribution in [3.8, 4) is 0 Å². The molecule has 0 radical (unpaired) electrons. The first-order valence-corrected chi connectivity index (χ1v) is 8.41. The van der Waals surface area contributed by atoms with Crippen LogP contribution in [-0.4, -0.2) is 32.5 Å². The molecule has 0 aromatic carbocycles. The molecule has 1 unspecified atom stereocenters. The Balaban J connectivity index is 1.83. The van der Waals surface area contributed by atoms with E-state index < -0.39 is 0 Å². The summed E-state index contributed by atoms with van der Waals surface area (Å²) in [6.07, 6.45) is 3.66. The summed E-state index contributed by atoms with van der Waals surface area (Å²) in [5.74, 6) is 1.04. The number of carbonyl (C=O) groups is 1. The summed E-state index contributed by atoms with van der Waals surface area (Å²) in [5.41, 5.74) is 1.30. The summed E-state index contributed by atoms with van der Waals surface area (Å²) in [4.78, 5) is 20.4. The average Bonchev–Trinajstić information content (AvgIpc) is 3.14. The Morgan fingerprint density at radius 3 is 3.14 bits per heavy atom. The molecule has 1 aliphatic rings. The van der Waals surface area contributed by atoms with Crippen LogP contribution in [0.25, 0.3) is 0 Å². The van der Waals surface area contributed by atoms with E-state index in [4.69, 9.17) is 0 Å². The molecule has 0 saturated heterocycles. The molecule has 21 heavy (non-hydrogen) atoms. The minimum Gasteiger partial charge on any atom is -0.328 e. The second kappa shape index (κ2) is 5.97. The predicted molar refractivity (Wildman–Crippen MR) is 82.5 cm³/mol. The van der Waals surface area contributed by atoms with E-state index in [2.05, 4.69) is 40.5 Å². The lowest BCUT2D eigenvalue weighted by Crippen LogP contribution is -2.39. The normalized spacial score (nSPS) is 17.8. The lowest BCUT2D eigenvalue weighted by Gasteiger charge is -2.34. The largest absolute Gasteiger partial charge is 0.328 e. The van der Waals surface area contributed by atoms with Gasteiger partial charge in [0.2, 0.25) is 5.82 Å². The molecule has 0 spiro atoms. The van der Waals surface area contributed by atoms with E-state index in [1.807, 2.05) is 4.90 Å². The molecule has 5 nitrogen and oxygen atoms in total. The van der Waals surface area contributed by atoms with Gasteiger partial charge >= 0.3 is 0 Å². The van der Waals surface area contributed by atoms with Gasteiger partial charge in [0, 0.05) is 17.8 Å². The smallest absolute Gasteiger partial charge is 0.294 e. The molecule has 2 aromatic heterocycles. The highest BCUT2D eigenvalue weighted by Crippen LogP contribution is 2.35. The van der Waals surface area contributed by atoms with Crippen LogP contribution in [-0.2, 0) is 12.8 Å². The number of rotatable bonds is 4. The molecule has 1 amide bonds. The first-order chi connectivity index (χ1) is 10.2. The Morgan fingerprint density at radius 2 is 2.38 bits per heavy atom. The number of fused-ring (bicyclic) bond motifs is 1. The summed E-state index contributed by atoms with van der Waals surface area (Å²) in [6, 6.07) is 2.30. The van der Waals surface area contributed by atoms with Crippen molar-refractivity contribution in [2.45, 2.75) is 45.6 Å². The maximum Gasteiger partial charge on any atom is 0.294 e. The van der Waals surface area contributed by atoms with Crippen LogP contribution in [0, 0.1) is 0 Å². The number of carbonyl (C=O) groups excluding carboxylic acids is 1. The molecule has 3 heterocycles. The molecule has 1 N–H and O–H groups in total. The number of aromatic amines is 1. The molecule has 1 atom stereocenters. The van der Waals surface area contributed by atoms with Crippen molar-refractivity contribution < 1.29 is 4.79 Å². The van der Waals surface area contributed by atoms with Gasteiger partial charge in [-0.15, -0.1) is 16.4 Å². The van der Waals surface area contributed by atoms with Crippen LogP contribution in [0.15, 0.2) is 11.4 Å². The number of aryl methyl sites for hydroxylation is 1. The third-order valence-electron chi connectivity index (χ3n) is 3.95. The van der Waals surface area contributed by atoms with Crippen molar-refractivity contribution in [1.29, 1.82) is 0 Å². The van der Waals surface area contributed by atoms with Gasteiger partial charge in [0.25, 0.3) is 5.91 Å². The molecule has 3 rings (SSSR count). The number of aromatic nitrogens is 3. The molecule has 112 valence electrons. The van der Waals surface area contributed by atoms with Crippen LogP contribution in [0.4, 0.5) is 0 Å². The van der Waals surface area contributed by atoms with Gasteiger partial charge in [-0.05, 0) is 36.3 Å². The van der Waals surface area contributed by atoms with Crippen molar-refractivity contribution in [2.24, 2.45) is 0 Å². The van der Waals surface area contributed by atoms with Gasteiger partial charge in [-0.3, -0.25) is 9.89 Å². The van der Waals surface area contributed by atoms with Crippen LogP contribution < -0.4 is 0 Å². The minimum atomic E-state index is -0.0581. The Kier molecular flexibility index (Phi) is 4.05. The van der Waals surface area contributed by atoms with Gasteiger partial charge < -0.3 is 4.90 Å². The molecule has 0 fully saturated rings. The summed E-state index contributed by atoms with van der Waals surface area (Å²) < 4.78 is 0. The number of nitrogens with zero attached hydrogens (tertiary/aromatic N) is 3. The number of thiophene rings is 1. The number of nitrogens with one attached hydrogen (secondary N) is 1. The minimum absolute atomic E-state index is 0.0581. The second-order valence-corrected chi connectivity index (χ2v) is 6.33. The first kappa shape index (κ1) is 14.3. The Labute approximate surface area is 128 Å². The molecule has 1 aliphatic heterocycles. The van der Waals surface area contributed by atoms with Crippen molar-refractivity contribution >= 4 is 17.2 Å².